The third-order valence-corrected chi connectivity index (χ3v) is 3.16. The molecule has 0 saturated heterocycles. The van der Waals surface area contributed by atoms with Gasteiger partial charge in [-0.05, 0) is 12.8 Å². The van der Waals surface area contributed by atoms with Crippen LogP contribution in [-0.4, -0.2) is 22.6 Å². The molecule has 2 rings (SSSR count). The van der Waals surface area contributed by atoms with E-state index >= 15 is 0 Å². The number of nitrogens with zero attached hydrogens (tertiary/aromatic N) is 2. The summed E-state index contributed by atoms with van der Waals surface area (Å²) in [7, 11) is 0. The molecule has 0 atom stereocenters. The smallest absolute Gasteiger partial charge is 0.223 e. The predicted octanol–water partition coefficient (Wildman–Crippen LogP) is 0.612. The number of rotatable bonds is 4. The maximum Gasteiger partial charge on any atom is 0.223 e. The summed E-state index contributed by atoms with van der Waals surface area (Å²) in [6, 6.07) is 0. The fourth-order valence-corrected chi connectivity index (χ4v) is 2.34. The van der Waals surface area contributed by atoms with Crippen molar-refractivity contribution in [3.05, 3.63) is 11.7 Å². The first-order chi connectivity index (χ1) is 8.16. The molecule has 0 aromatic carbocycles. The Balaban J connectivity index is 2.18. The van der Waals surface area contributed by atoms with Crippen LogP contribution in [0.1, 0.15) is 43.8 Å². The number of nitrogens with two attached hydrogens (primary N) is 1. The Hall–Kier alpha value is -1.43. The lowest BCUT2D eigenvalue weighted by Gasteiger charge is -2.26. The summed E-state index contributed by atoms with van der Waals surface area (Å²) in [5.74, 6) is 1.08. The van der Waals surface area contributed by atoms with Crippen LogP contribution in [0.25, 0.3) is 0 Å². The summed E-state index contributed by atoms with van der Waals surface area (Å²) < 4.78 is 5.01. The molecule has 0 bridgehead atoms. The Morgan fingerprint density at radius 2 is 2.24 bits per heavy atom. The van der Waals surface area contributed by atoms with Gasteiger partial charge in [0.2, 0.25) is 11.8 Å². The van der Waals surface area contributed by atoms with Crippen LogP contribution in [0, 0.1) is 6.92 Å². The van der Waals surface area contributed by atoms with Crippen LogP contribution in [0.15, 0.2) is 4.52 Å². The second-order valence-corrected chi connectivity index (χ2v) is 4.51. The van der Waals surface area contributed by atoms with Gasteiger partial charge in [-0.3, -0.25) is 4.79 Å². The molecule has 0 unspecified atom stereocenters. The highest BCUT2D eigenvalue weighted by Crippen LogP contribution is 2.37. The van der Waals surface area contributed by atoms with E-state index in [2.05, 4.69) is 15.5 Å². The summed E-state index contributed by atoms with van der Waals surface area (Å²) in [5, 5.41) is 6.97. The van der Waals surface area contributed by atoms with E-state index in [4.69, 9.17) is 10.3 Å². The molecule has 94 valence electrons. The molecule has 1 aliphatic rings. The lowest BCUT2D eigenvalue weighted by Crippen LogP contribution is -2.45. The van der Waals surface area contributed by atoms with Gasteiger partial charge in [0.25, 0.3) is 0 Å². The van der Waals surface area contributed by atoms with Gasteiger partial charge in [-0.25, -0.2) is 0 Å². The number of amides is 1. The fraction of sp³-hybridized carbons (Fsp3) is 0.727. The van der Waals surface area contributed by atoms with E-state index < -0.39 is 5.54 Å². The van der Waals surface area contributed by atoms with E-state index in [-0.39, 0.29) is 5.91 Å². The standard InChI is InChI=1S/C11H18N4O2/c1-8-13-10(15-17-8)11(5-2-3-6-11)14-9(16)4-7-12/h2-7,12H2,1H3,(H,14,16). The van der Waals surface area contributed by atoms with E-state index in [0.29, 0.717) is 24.7 Å². The normalized spacial score (nSPS) is 18.2. The molecular weight excluding hydrogens is 220 g/mol. The van der Waals surface area contributed by atoms with Crippen molar-refractivity contribution in [2.24, 2.45) is 5.73 Å². The minimum atomic E-state index is -0.440. The van der Waals surface area contributed by atoms with Crippen molar-refractivity contribution in [2.45, 2.75) is 44.6 Å². The van der Waals surface area contributed by atoms with Crippen LogP contribution in [0.2, 0.25) is 0 Å². The van der Waals surface area contributed by atoms with E-state index in [1.807, 2.05) is 0 Å². The van der Waals surface area contributed by atoms with Gasteiger partial charge in [0, 0.05) is 19.9 Å². The zero-order valence-electron chi connectivity index (χ0n) is 10.0. The highest BCUT2D eigenvalue weighted by Gasteiger charge is 2.40. The van der Waals surface area contributed by atoms with Crippen molar-refractivity contribution in [3.63, 3.8) is 0 Å². The Morgan fingerprint density at radius 3 is 2.76 bits per heavy atom. The molecule has 1 aliphatic carbocycles. The van der Waals surface area contributed by atoms with E-state index in [0.717, 1.165) is 25.7 Å². The van der Waals surface area contributed by atoms with E-state index in [9.17, 15) is 4.79 Å². The van der Waals surface area contributed by atoms with E-state index in [1.54, 1.807) is 6.92 Å². The molecule has 0 spiro atoms. The number of carbonyl (C=O) groups is 1. The number of carbonyl (C=O) groups excluding carboxylic acids is 1. The zero-order valence-corrected chi connectivity index (χ0v) is 10.0. The Morgan fingerprint density at radius 1 is 1.53 bits per heavy atom. The number of nitrogens with one attached hydrogen (secondary N) is 1. The van der Waals surface area contributed by atoms with Crippen LogP contribution in [0.4, 0.5) is 0 Å². The minimum absolute atomic E-state index is 0.0446. The average Bonchev–Trinajstić information content (AvgIpc) is 2.88. The van der Waals surface area contributed by atoms with Gasteiger partial charge in [-0.15, -0.1) is 0 Å². The molecule has 0 aliphatic heterocycles. The third kappa shape index (κ3) is 2.46. The molecule has 17 heavy (non-hydrogen) atoms. The van der Waals surface area contributed by atoms with Crippen molar-refractivity contribution < 1.29 is 9.32 Å². The minimum Gasteiger partial charge on any atom is -0.343 e. The summed E-state index contributed by atoms with van der Waals surface area (Å²) in [6.45, 7) is 2.11. The highest BCUT2D eigenvalue weighted by atomic mass is 16.5. The van der Waals surface area contributed by atoms with Crippen molar-refractivity contribution in [1.29, 1.82) is 0 Å². The first-order valence-electron chi connectivity index (χ1n) is 5.98. The molecular formula is C11H18N4O2. The van der Waals surface area contributed by atoms with Gasteiger partial charge >= 0.3 is 0 Å². The van der Waals surface area contributed by atoms with Crippen LogP contribution >= 0.6 is 0 Å². The second kappa shape index (κ2) is 4.83. The van der Waals surface area contributed by atoms with Gasteiger partial charge in [0.1, 0.15) is 5.54 Å². The van der Waals surface area contributed by atoms with Crippen molar-refractivity contribution in [2.75, 3.05) is 6.54 Å². The quantitative estimate of drug-likeness (QED) is 0.801. The van der Waals surface area contributed by atoms with Crippen molar-refractivity contribution >= 4 is 5.91 Å². The second-order valence-electron chi connectivity index (χ2n) is 4.51. The maximum atomic E-state index is 11.7. The zero-order chi connectivity index (χ0) is 12.3. The van der Waals surface area contributed by atoms with Gasteiger partial charge in [0.05, 0.1) is 0 Å². The SMILES string of the molecule is Cc1nc(C2(NC(=O)CCN)CCCC2)no1. The Bertz CT molecular complexity index is 396. The lowest BCUT2D eigenvalue weighted by atomic mass is 9.96. The van der Waals surface area contributed by atoms with Gasteiger partial charge in [0.15, 0.2) is 5.82 Å². The maximum absolute atomic E-state index is 11.7. The lowest BCUT2D eigenvalue weighted by molar-refractivity contribution is -0.123. The molecule has 6 nitrogen and oxygen atoms in total. The third-order valence-electron chi connectivity index (χ3n) is 3.16. The Kier molecular flexibility index (Phi) is 3.42. The molecule has 1 heterocycles. The number of hydrogen-bond acceptors (Lipinski definition) is 5. The first-order valence-corrected chi connectivity index (χ1v) is 5.98. The predicted molar refractivity (Wildman–Crippen MR) is 61.0 cm³/mol. The molecule has 1 fully saturated rings. The van der Waals surface area contributed by atoms with Crippen molar-refractivity contribution in [3.8, 4) is 0 Å². The van der Waals surface area contributed by atoms with Crippen LogP contribution in [0.5, 0.6) is 0 Å². The largest absolute Gasteiger partial charge is 0.343 e. The summed E-state index contributed by atoms with van der Waals surface area (Å²) in [5.41, 5.74) is 4.94. The number of aromatic nitrogens is 2. The molecule has 6 heteroatoms. The van der Waals surface area contributed by atoms with Gasteiger partial charge < -0.3 is 15.6 Å². The summed E-state index contributed by atoms with van der Waals surface area (Å²) in [6.07, 6.45) is 4.19. The first kappa shape index (κ1) is 12.0. The Labute approximate surface area is 99.9 Å². The molecule has 1 aromatic heterocycles. The molecule has 3 N–H and O–H groups in total. The molecule has 1 saturated carbocycles. The monoisotopic (exact) mass is 238 g/mol. The molecule has 1 amide bonds. The van der Waals surface area contributed by atoms with Crippen molar-refractivity contribution in [1.82, 2.24) is 15.5 Å². The van der Waals surface area contributed by atoms with Gasteiger partial charge in [-0.1, -0.05) is 18.0 Å². The van der Waals surface area contributed by atoms with Crippen LogP contribution in [0.3, 0.4) is 0 Å². The average molecular weight is 238 g/mol. The topological polar surface area (TPSA) is 94.0 Å². The summed E-state index contributed by atoms with van der Waals surface area (Å²) >= 11 is 0. The van der Waals surface area contributed by atoms with Crippen LogP contribution < -0.4 is 11.1 Å². The summed E-state index contributed by atoms with van der Waals surface area (Å²) in [4.78, 5) is 16.0. The number of aryl methyl sites for hydroxylation is 1. The van der Waals surface area contributed by atoms with Gasteiger partial charge in [-0.2, -0.15) is 4.98 Å². The van der Waals surface area contributed by atoms with E-state index in [1.165, 1.54) is 0 Å². The number of hydrogen-bond donors (Lipinski definition) is 2. The van der Waals surface area contributed by atoms with Crippen LogP contribution in [-0.2, 0) is 10.3 Å². The fourth-order valence-electron chi connectivity index (χ4n) is 2.34. The molecule has 0 radical (unpaired) electrons. The highest BCUT2D eigenvalue weighted by molar-refractivity contribution is 5.77. The molecule has 1 aromatic rings.